The summed E-state index contributed by atoms with van der Waals surface area (Å²) in [7, 11) is 0. The largest absolute Gasteiger partial charge is 0.488 e. The number of hydrogen-bond acceptors (Lipinski definition) is 2. The molecule has 1 aromatic rings. The molecule has 0 saturated heterocycles. The SMILES string of the molecule is CCC(CNCC(C)C)Oc1cc(Cl)ccc1Cl. The molecular formula is C14H21Cl2NO. The number of nitrogens with one attached hydrogen (secondary N) is 1. The van der Waals surface area contributed by atoms with E-state index in [1.54, 1.807) is 18.2 Å². The van der Waals surface area contributed by atoms with Crippen LogP contribution in [0.25, 0.3) is 0 Å². The first-order valence-corrected chi connectivity index (χ1v) is 7.11. The highest BCUT2D eigenvalue weighted by Crippen LogP contribution is 2.28. The minimum absolute atomic E-state index is 0.111. The van der Waals surface area contributed by atoms with E-state index in [9.17, 15) is 0 Å². The zero-order valence-electron chi connectivity index (χ0n) is 11.2. The molecule has 0 spiro atoms. The smallest absolute Gasteiger partial charge is 0.139 e. The van der Waals surface area contributed by atoms with Crippen LogP contribution >= 0.6 is 23.2 Å². The summed E-state index contributed by atoms with van der Waals surface area (Å²) < 4.78 is 5.88. The van der Waals surface area contributed by atoms with Crippen molar-refractivity contribution in [3.05, 3.63) is 28.2 Å². The van der Waals surface area contributed by atoms with Crippen LogP contribution < -0.4 is 10.1 Å². The summed E-state index contributed by atoms with van der Waals surface area (Å²) in [4.78, 5) is 0. The van der Waals surface area contributed by atoms with E-state index >= 15 is 0 Å². The second-order valence-corrected chi connectivity index (χ2v) is 5.62. The average molecular weight is 290 g/mol. The van der Waals surface area contributed by atoms with Crippen LogP contribution in [0.2, 0.25) is 10.0 Å². The molecule has 1 N–H and O–H groups in total. The number of ether oxygens (including phenoxy) is 1. The lowest BCUT2D eigenvalue weighted by Crippen LogP contribution is -2.33. The molecule has 0 fully saturated rings. The molecule has 4 heteroatoms. The molecule has 1 atom stereocenters. The summed E-state index contributed by atoms with van der Waals surface area (Å²) in [6.45, 7) is 8.27. The van der Waals surface area contributed by atoms with Crippen molar-refractivity contribution in [2.45, 2.75) is 33.3 Å². The van der Waals surface area contributed by atoms with Gasteiger partial charge in [0, 0.05) is 17.6 Å². The van der Waals surface area contributed by atoms with Gasteiger partial charge in [-0.2, -0.15) is 0 Å². The van der Waals surface area contributed by atoms with E-state index in [1.807, 2.05) is 0 Å². The topological polar surface area (TPSA) is 21.3 Å². The molecule has 102 valence electrons. The third-order valence-electron chi connectivity index (χ3n) is 2.57. The van der Waals surface area contributed by atoms with Crippen molar-refractivity contribution < 1.29 is 4.74 Å². The maximum atomic E-state index is 6.08. The monoisotopic (exact) mass is 289 g/mol. The molecule has 0 aliphatic heterocycles. The highest BCUT2D eigenvalue weighted by Gasteiger charge is 2.11. The fourth-order valence-corrected chi connectivity index (χ4v) is 1.87. The molecule has 0 heterocycles. The lowest BCUT2D eigenvalue weighted by Gasteiger charge is -2.19. The number of halogens is 2. The Morgan fingerprint density at radius 1 is 1.22 bits per heavy atom. The Morgan fingerprint density at radius 3 is 2.56 bits per heavy atom. The molecule has 1 unspecified atom stereocenters. The van der Waals surface area contributed by atoms with Crippen LogP contribution in [0.4, 0.5) is 0 Å². The summed E-state index contributed by atoms with van der Waals surface area (Å²) in [5.41, 5.74) is 0. The molecule has 0 amide bonds. The fraction of sp³-hybridized carbons (Fsp3) is 0.571. The van der Waals surface area contributed by atoms with Gasteiger partial charge in [-0.05, 0) is 31.0 Å². The van der Waals surface area contributed by atoms with Crippen LogP contribution in [0, 0.1) is 5.92 Å². The zero-order chi connectivity index (χ0) is 13.5. The first-order chi connectivity index (χ1) is 8.52. The second-order valence-electron chi connectivity index (χ2n) is 4.77. The Morgan fingerprint density at radius 2 is 1.94 bits per heavy atom. The summed E-state index contributed by atoms with van der Waals surface area (Å²) in [6, 6.07) is 5.27. The normalized spacial score (nSPS) is 12.8. The molecule has 0 saturated carbocycles. The minimum atomic E-state index is 0.111. The number of hydrogen-bond donors (Lipinski definition) is 1. The molecule has 0 aromatic heterocycles. The van der Waals surface area contributed by atoms with Crippen molar-refractivity contribution in [3.8, 4) is 5.75 Å². The molecule has 0 aliphatic rings. The van der Waals surface area contributed by atoms with Gasteiger partial charge < -0.3 is 10.1 Å². The first-order valence-electron chi connectivity index (χ1n) is 6.35. The van der Waals surface area contributed by atoms with Gasteiger partial charge in [-0.1, -0.05) is 44.0 Å². The standard InChI is InChI=1S/C14H21Cl2NO/c1-4-12(9-17-8-10(2)3)18-14-7-11(15)5-6-13(14)16/h5-7,10,12,17H,4,8-9H2,1-3H3. The third kappa shape index (κ3) is 5.47. The van der Waals surface area contributed by atoms with E-state index in [1.165, 1.54) is 0 Å². The fourth-order valence-electron chi connectivity index (χ4n) is 1.55. The van der Waals surface area contributed by atoms with Crippen molar-refractivity contribution in [2.24, 2.45) is 5.92 Å². The molecular weight excluding hydrogens is 269 g/mol. The average Bonchev–Trinajstić information content (AvgIpc) is 2.32. The summed E-state index contributed by atoms with van der Waals surface area (Å²) >= 11 is 12.0. The van der Waals surface area contributed by atoms with E-state index in [0.29, 0.717) is 21.7 Å². The Hall–Kier alpha value is -0.440. The van der Waals surface area contributed by atoms with Crippen LogP contribution in [-0.2, 0) is 0 Å². The van der Waals surface area contributed by atoms with E-state index in [0.717, 1.165) is 19.5 Å². The maximum absolute atomic E-state index is 6.08. The second kappa shape index (κ2) is 7.88. The van der Waals surface area contributed by atoms with E-state index in [-0.39, 0.29) is 6.10 Å². The van der Waals surface area contributed by atoms with Crippen molar-refractivity contribution in [1.82, 2.24) is 5.32 Å². The van der Waals surface area contributed by atoms with E-state index < -0.39 is 0 Å². The van der Waals surface area contributed by atoms with Gasteiger partial charge >= 0.3 is 0 Å². The third-order valence-corrected chi connectivity index (χ3v) is 3.11. The van der Waals surface area contributed by atoms with Gasteiger partial charge in [-0.25, -0.2) is 0 Å². The van der Waals surface area contributed by atoms with Gasteiger partial charge in [0.05, 0.1) is 5.02 Å². The summed E-state index contributed by atoms with van der Waals surface area (Å²) in [6.07, 6.45) is 1.04. The van der Waals surface area contributed by atoms with Crippen molar-refractivity contribution in [3.63, 3.8) is 0 Å². The van der Waals surface area contributed by atoms with Gasteiger partial charge in [-0.15, -0.1) is 0 Å². The van der Waals surface area contributed by atoms with Crippen LogP contribution in [0.3, 0.4) is 0 Å². The van der Waals surface area contributed by atoms with Crippen LogP contribution in [-0.4, -0.2) is 19.2 Å². The Bertz CT molecular complexity index is 369. The van der Waals surface area contributed by atoms with E-state index in [4.69, 9.17) is 27.9 Å². The Labute approximate surface area is 120 Å². The number of rotatable bonds is 7. The van der Waals surface area contributed by atoms with Gasteiger partial charge in [-0.3, -0.25) is 0 Å². The lowest BCUT2D eigenvalue weighted by atomic mass is 10.2. The van der Waals surface area contributed by atoms with Crippen LogP contribution in [0.5, 0.6) is 5.75 Å². The summed E-state index contributed by atoms with van der Waals surface area (Å²) in [5.74, 6) is 1.29. The Balaban J connectivity index is 2.54. The highest BCUT2D eigenvalue weighted by atomic mass is 35.5. The van der Waals surface area contributed by atoms with Gasteiger partial charge in [0.1, 0.15) is 11.9 Å². The quantitative estimate of drug-likeness (QED) is 0.803. The molecule has 2 nitrogen and oxygen atoms in total. The number of benzene rings is 1. The molecule has 1 aromatic carbocycles. The van der Waals surface area contributed by atoms with Crippen LogP contribution in [0.15, 0.2) is 18.2 Å². The predicted octanol–water partition coefficient (Wildman–Crippen LogP) is 4.40. The molecule has 0 bridgehead atoms. The van der Waals surface area contributed by atoms with Gasteiger partial charge in [0.2, 0.25) is 0 Å². The Kier molecular flexibility index (Phi) is 6.83. The summed E-state index contributed by atoms with van der Waals surface area (Å²) in [5, 5.41) is 4.63. The lowest BCUT2D eigenvalue weighted by molar-refractivity contribution is 0.192. The van der Waals surface area contributed by atoms with Gasteiger partial charge in [0.15, 0.2) is 0 Å². The van der Waals surface area contributed by atoms with Crippen LogP contribution in [0.1, 0.15) is 27.2 Å². The van der Waals surface area contributed by atoms with Gasteiger partial charge in [0.25, 0.3) is 0 Å². The minimum Gasteiger partial charge on any atom is -0.488 e. The molecule has 0 aliphatic carbocycles. The molecule has 1 rings (SSSR count). The molecule has 0 radical (unpaired) electrons. The zero-order valence-corrected chi connectivity index (χ0v) is 12.7. The highest BCUT2D eigenvalue weighted by molar-refractivity contribution is 6.34. The first kappa shape index (κ1) is 15.6. The molecule has 18 heavy (non-hydrogen) atoms. The predicted molar refractivity (Wildman–Crippen MR) is 78.9 cm³/mol. The van der Waals surface area contributed by atoms with E-state index in [2.05, 4.69) is 26.1 Å². The van der Waals surface area contributed by atoms with Crippen molar-refractivity contribution in [1.29, 1.82) is 0 Å². The van der Waals surface area contributed by atoms with Crippen molar-refractivity contribution in [2.75, 3.05) is 13.1 Å². The maximum Gasteiger partial charge on any atom is 0.139 e. The van der Waals surface area contributed by atoms with Crippen molar-refractivity contribution >= 4 is 23.2 Å².